The first-order chi connectivity index (χ1) is 10.4. The van der Waals surface area contributed by atoms with E-state index in [2.05, 4.69) is 20.6 Å². The van der Waals surface area contributed by atoms with Gasteiger partial charge in [-0.25, -0.2) is 18.2 Å². The number of halogens is 3. The van der Waals surface area contributed by atoms with Crippen LogP contribution in [0, 0.1) is 5.82 Å². The van der Waals surface area contributed by atoms with Crippen LogP contribution < -0.4 is 10.6 Å². The third kappa shape index (κ3) is 3.22. The number of H-pyrrole nitrogens is 1. The lowest BCUT2D eigenvalue weighted by Crippen LogP contribution is -2.41. The fraction of sp³-hybridized carbons (Fsp3) is 0.429. The van der Waals surface area contributed by atoms with Crippen LogP contribution in [0.15, 0.2) is 18.2 Å². The number of carbonyl (C=O) groups excluding carboxylic acids is 1. The second kappa shape index (κ2) is 5.60. The monoisotopic (exact) mass is 312 g/mol. The molecule has 3 N–H and O–H groups in total. The predicted octanol–water partition coefficient (Wildman–Crippen LogP) is 1.36. The standard InChI is InChI=1S/C14H15F3N4O/c15-8-1-2-9-10(5-8)21-12(20-9)3-4-18-13(22)11-6-14(16,17)7-19-11/h1-2,5,11,19H,3-4,6-7H2,(H,18,22)(H,20,21). The van der Waals surface area contributed by atoms with Gasteiger partial charge in [-0.3, -0.25) is 10.1 Å². The number of aromatic nitrogens is 2. The molecule has 1 fully saturated rings. The lowest BCUT2D eigenvalue weighted by Gasteiger charge is -2.10. The molecule has 22 heavy (non-hydrogen) atoms. The van der Waals surface area contributed by atoms with Gasteiger partial charge < -0.3 is 10.3 Å². The summed E-state index contributed by atoms with van der Waals surface area (Å²) in [5.41, 5.74) is 1.22. The fourth-order valence-corrected chi connectivity index (χ4v) is 2.48. The normalized spacial score (nSPS) is 20.4. The highest BCUT2D eigenvalue weighted by molar-refractivity contribution is 5.82. The van der Waals surface area contributed by atoms with Crippen LogP contribution in [0.3, 0.4) is 0 Å². The van der Waals surface area contributed by atoms with E-state index >= 15 is 0 Å². The van der Waals surface area contributed by atoms with Gasteiger partial charge in [0.25, 0.3) is 5.92 Å². The summed E-state index contributed by atoms with van der Waals surface area (Å²) in [5.74, 6) is -3.03. The highest BCUT2D eigenvalue weighted by Gasteiger charge is 2.42. The van der Waals surface area contributed by atoms with Gasteiger partial charge in [0.05, 0.1) is 23.6 Å². The van der Waals surface area contributed by atoms with Crippen LogP contribution in [-0.4, -0.2) is 40.9 Å². The Morgan fingerprint density at radius 3 is 3.00 bits per heavy atom. The van der Waals surface area contributed by atoms with Crippen LogP contribution in [-0.2, 0) is 11.2 Å². The number of imidazole rings is 1. The van der Waals surface area contributed by atoms with Crippen LogP contribution in [0.2, 0.25) is 0 Å². The van der Waals surface area contributed by atoms with E-state index in [1.165, 1.54) is 12.1 Å². The Morgan fingerprint density at radius 2 is 2.27 bits per heavy atom. The van der Waals surface area contributed by atoms with Crippen molar-refractivity contribution in [2.75, 3.05) is 13.1 Å². The van der Waals surface area contributed by atoms with Crippen molar-refractivity contribution in [3.05, 3.63) is 29.8 Å². The highest BCUT2D eigenvalue weighted by Crippen LogP contribution is 2.25. The van der Waals surface area contributed by atoms with E-state index in [1.807, 2.05) is 0 Å². The number of alkyl halides is 2. The molecule has 118 valence electrons. The Hall–Kier alpha value is -2.09. The van der Waals surface area contributed by atoms with Gasteiger partial charge in [-0.05, 0) is 18.2 Å². The third-order valence-corrected chi connectivity index (χ3v) is 3.58. The van der Waals surface area contributed by atoms with Crippen LogP contribution in [0.5, 0.6) is 0 Å². The Bertz CT molecular complexity index is 700. The van der Waals surface area contributed by atoms with Crippen molar-refractivity contribution in [1.29, 1.82) is 0 Å². The number of benzene rings is 1. The Morgan fingerprint density at radius 1 is 1.45 bits per heavy atom. The number of aromatic amines is 1. The van der Waals surface area contributed by atoms with Gasteiger partial charge in [0, 0.05) is 19.4 Å². The molecular formula is C14H15F3N4O. The molecule has 8 heteroatoms. The molecule has 1 aliphatic rings. The zero-order valence-corrected chi connectivity index (χ0v) is 11.6. The van der Waals surface area contributed by atoms with Crippen molar-refractivity contribution in [3.63, 3.8) is 0 Å². The van der Waals surface area contributed by atoms with E-state index in [0.717, 1.165) is 0 Å². The summed E-state index contributed by atoms with van der Waals surface area (Å²) in [5, 5.41) is 5.09. The molecule has 0 radical (unpaired) electrons. The van der Waals surface area contributed by atoms with Crippen LogP contribution in [0.4, 0.5) is 13.2 Å². The maximum atomic E-state index is 13.1. The summed E-state index contributed by atoms with van der Waals surface area (Å²) in [6.07, 6.45) is -0.0755. The van der Waals surface area contributed by atoms with E-state index in [4.69, 9.17) is 0 Å². The van der Waals surface area contributed by atoms with E-state index in [-0.39, 0.29) is 12.4 Å². The van der Waals surface area contributed by atoms with E-state index in [9.17, 15) is 18.0 Å². The van der Waals surface area contributed by atoms with Crippen LogP contribution in [0.25, 0.3) is 11.0 Å². The Balaban J connectivity index is 1.53. The molecule has 3 rings (SSSR count). The number of fused-ring (bicyclic) bond motifs is 1. The number of amides is 1. The fourth-order valence-electron chi connectivity index (χ4n) is 2.48. The average Bonchev–Trinajstić information content (AvgIpc) is 3.01. The quantitative estimate of drug-likeness (QED) is 0.798. The van der Waals surface area contributed by atoms with Gasteiger partial charge in [-0.15, -0.1) is 0 Å². The minimum Gasteiger partial charge on any atom is -0.354 e. The second-order valence-corrected chi connectivity index (χ2v) is 5.38. The number of hydrogen-bond acceptors (Lipinski definition) is 3. The molecule has 0 saturated carbocycles. The Kier molecular flexibility index (Phi) is 3.78. The summed E-state index contributed by atoms with van der Waals surface area (Å²) in [6.45, 7) is -0.203. The zero-order chi connectivity index (χ0) is 15.7. The molecule has 1 unspecified atom stereocenters. The first-order valence-corrected chi connectivity index (χ1v) is 6.96. The Labute approximate surface area is 124 Å². The molecule has 0 spiro atoms. The van der Waals surface area contributed by atoms with Crippen molar-refractivity contribution < 1.29 is 18.0 Å². The second-order valence-electron chi connectivity index (χ2n) is 5.38. The van der Waals surface area contributed by atoms with E-state index < -0.39 is 30.8 Å². The van der Waals surface area contributed by atoms with Crippen molar-refractivity contribution in [1.82, 2.24) is 20.6 Å². The summed E-state index contributed by atoms with van der Waals surface area (Å²) in [7, 11) is 0. The van der Waals surface area contributed by atoms with Gasteiger partial charge in [-0.2, -0.15) is 0 Å². The summed E-state index contributed by atoms with van der Waals surface area (Å²) < 4.78 is 39.1. The topological polar surface area (TPSA) is 69.8 Å². The maximum Gasteiger partial charge on any atom is 0.262 e. The molecule has 1 aromatic carbocycles. The number of carbonyl (C=O) groups is 1. The SMILES string of the molecule is O=C(NCCc1nc2ccc(F)cc2[nH]1)C1CC(F)(F)CN1. The number of hydrogen-bond donors (Lipinski definition) is 3. The number of nitrogens with zero attached hydrogens (tertiary/aromatic N) is 1. The predicted molar refractivity (Wildman–Crippen MR) is 74.1 cm³/mol. The largest absolute Gasteiger partial charge is 0.354 e. The van der Waals surface area contributed by atoms with Gasteiger partial charge in [0.1, 0.15) is 11.6 Å². The molecule has 0 aliphatic carbocycles. The van der Waals surface area contributed by atoms with Gasteiger partial charge >= 0.3 is 0 Å². The first-order valence-electron chi connectivity index (χ1n) is 6.96. The lowest BCUT2D eigenvalue weighted by atomic mass is 10.2. The zero-order valence-electron chi connectivity index (χ0n) is 11.6. The molecule has 5 nitrogen and oxygen atoms in total. The third-order valence-electron chi connectivity index (χ3n) is 3.58. The minimum absolute atomic E-state index is 0.269. The van der Waals surface area contributed by atoms with Crippen LogP contribution in [0.1, 0.15) is 12.2 Å². The van der Waals surface area contributed by atoms with Crippen molar-refractivity contribution >= 4 is 16.9 Å². The molecular weight excluding hydrogens is 297 g/mol. The molecule has 1 amide bonds. The van der Waals surface area contributed by atoms with Crippen molar-refractivity contribution in [2.45, 2.75) is 24.8 Å². The summed E-state index contributed by atoms with van der Waals surface area (Å²) in [4.78, 5) is 19.0. The lowest BCUT2D eigenvalue weighted by molar-refractivity contribution is -0.123. The summed E-state index contributed by atoms with van der Waals surface area (Å²) >= 11 is 0. The molecule has 2 heterocycles. The number of nitrogens with one attached hydrogen (secondary N) is 3. The molecule has 0 bridgehead atoms. The minimum atomic E-state index is -2.83. The maximum absolute atomic E-state index is 13.1. The van der Waals surface area contributed by atoms with E-state index in [1.54, 1.807) is 6.07 Å². The molecule has 2 aromatic rings. The smallest absolute Gasteiger partial charge is 0.262 e. The van der Waals surface area contributed by atoms with Crippen LogP contribution >= 0.6 is 0 Å². The van der Waals surface area contributed by atoms with Gasteiger partial charge in [0.2, 0.25) is 5.91 Å². The molecule has 1 aromatic heterocycles. The molecule has 1 saturated heterocycles. The highest BCUT2D eigenvalue weighted by atomic mass is 19.3. The number of rotatable bonds is 4. The van der Waals surface area contributed by atoms with Crippen molar-refractivity contribution in [3.8, 4) is 0 Å². The first kappa shape index (κ1) is 14.8. The van der Waals surface area contributed by atoms with Crippen molar-refractivity contribution in [2.24, 2.45) is 0 Å². The van der Waals surface area contributed by atoms with E-state index in [0.29, 0.717) is 23.3 Å². The van der Waals surface area contributed by atoms with Gasteiger partial charge in [0.15, 0.2) is 0 Å². The average molecular weight is 312 g/mol. The molecule has 1 aliphatic heterocycles. The molecule has 1 atom stereocenters. The van der Waals surface area contributed by atoms with Gasteiger partial charge in [-0.1, -0.05) is 0 Å². The summed E-state index contributed by atoms with van der Waals surface area (Å²) in [6, 6.07) is 3.36.